The molecule has 1 fully saturated rings. The van der Waals surface area contributed by atoms with Crippen molar-refractivity contribution < 1.29 is 4.79 Å². The standard InChI is InChI=1S/C17H17BrN6OS/c18-13-3-1-2-12-14(4-5-19-16(12)13)24-8-6-23(7-9-24)10-15(25)21-17-22-20-11-26-17/h1-5,11H,6-10H2,(H,21,22,25). The van der Waals surface area contributed by atoms with E-state index in [4.69, 9.17) is 0 Å². The first-order valence-electron chi connectivity index (χ1n) is 8.27. The second-order valence-corrected chi connectivity index (χ2v) is 7.71. The second kappa shape index (κ2) is 7.65. The van der Waals surface area contributed by atoms with E-state index in [0.717, 1.165) is 41.6 Å². The van der Waals surface area contributed by atoms with Crippen LogP contribution in [0.1, 0.15) is 0 Å². The first kappa shape index (κ1) is 17.3. The van der Waals surface area contributed by atoms with Crippen molar-refractivity contribution in [3.05, 3.63) is 40.4 Å². The zero-order valence-corrected chi connectivity index (χ0v) is 16.3. The fraction of sp³-hybridized carbons (Fsp3) is 0.294. The van der Waals surface area contributed by atoms with E-state index in [-0.39, 0.29) is 5.91 Å². The number of aromatic nitrogens is 3. The minimum atomic E-state index is -0.0477. The average molecular weight is 433 g/mol. The molecule has 3 heterocycles. The molecule has 0 aliphatic carbocycles. The SMILES string of the molecule is O=C(CN1CCN(c2ccnc3c(Br)cccc23)CC1)Nc1nncs1. The molecular weight excluding hydrogens is 416 g/mol. The van der Waals surface area contributed by atoms with Gasteiger partial charge in [-0.1, -0.05) is 23.5 Å². The minimum Gasteiger partial charge on any atom is -0.368 e. The molecule has 0 spiro atoms. The monoisotopic (exact) mass is 432 g/mol. The molecule has 0 saturated carbocycles. The Morgan fingerprint density at radius 3 is 2.85 bits per heavy atom. The maximum absolute atomic E-state index is 12.1. The number of fused-ring (bicyclic) bond motifs is 1. The van der Waals surface area contributed by atoms with Crippen LogP contribution in [0.2, 0.25) is 0 Å². The molecule has 9 heteroatoms. The zero-order chi connectivity index (χ0) is 17.9. The van der Waals surface area contributed by atoms with E-state index < -0.39 is 0 Å². The van der Waals surface area contributed by atoms with E-state index in [2.05, 4.69) is 58.4 Å². The average Bonchev–Trinajstić information content (AvgIpc) is 3.15. The van der Waals surface area contributed by atoms with Gasteiger partial charge in [-0.25, -0.2) is 0 Å². The van der Waals surface area contributed by atoms with E-state index in [1.807, 2.05) is 18.3 Å². The van der Waals surface area contributed by atoms with Crippen LogP contribution in [0.25, 0.3) is 10.9 Å². The topological polar surface area (TPSA) is 74.2 Å². The van der Waals surface area contributed by atoms with Crippen LogP contribution in [-0.2, 0) is 4.79 Å². The van der Waals surface area contributed by atoms with Crippen molar-refractivity contribution in [1.82, 2.24) is 20.1 Å². The molecule has 4 rings (SSSR count). The van der Waals surface area contributed by atoms with Gasteiger partial charge in [-0.15, -0.1) is 10.2 Å². The molecule has 26 heavy (non-hydrogen) atoms. The lowest BCUT2D eigenvalue weighted by Crippen LogP contribution is -2.48. The first-order chi connectivity index (χ1) is 12.7. The number of benzene rings is 1. The van der Waals surface area contributed by atoms with Crippen molar-refractivity contribution in [3.8, 4) is 0 Å². The molecule has 3 aromatic rings. The van der Waals surface area contributed by atoms with Crippen LogP contribution < -0.4 is 10.2 Å². The summed E-state index contributed by atoms with van der Waals surface area (Å²) >= 11 is 4.90. The number of hydrogen-bond acceptors (Lipinski definition) is 7. The molecule has 134 valence electrons. The van der Waals surface area contributed by atoms with Gasteiger partial charge in [-0.05, 0) is 28.1 Å². The van der Waals surface area contributed by atoms with Crippen LogP contribution in [0.5, 0.6) is 0 Å². The first-order valence-corrected chi connectivity index (χ1v) is 9.94. The molecule has 1 saturated heterocycles. The van der Waals surface area contributed by atoms with Gasteiger partial charge in [0.25, 0.3) is 0 Å². The summed E-state index contributed by atoms with van der Waals surface area (Å²) < 4.78 is 1.00. The number of pyridine rings is 1. The number of carbonyl (C=O) groups excluding carboxylic acids is 1. The van der Waals surface area contributed by atoms with E-state index >= 15 is 0 Å². The Bertz CT molecular complexity index is 911. The fourth-order valence-corrected chi connectivity index (χ4v) is 4.07. The van der Waals surface area contributed by atoms with Crippen LogP contribution in [0.15, 0.2) is 40.4 Å². The Labute approximate surface area is 163 Å². The summed E-state index contributed by atoms with van der Waals surface area (Å²) in [7, 11) is 0. The Morgan fingerprint density at radius 1 is 1.23 bits per heavy atom. The van der Waals surface area contributed by atoms with Crippen molar-refractivity contribution in [2.75, 3.05) is 42.9 Å². The molecule has 7 nitrogen and oxygen atoms in total. The van der Waals surface area contributed by atoms with Crippen molar-refractivity contribution >= 4 is 54.9 Å². The molecular formula is C17H17BrN6OS. The van der Waals surface area contributed by atoms with Gasteiger partial charge < -0.3 is 4.90 Å². The third kappa shape index (κ3) is 3.69. The molecule has 0 atom stereocenters. The lowest BCUT2D eigenvalue weighted by Gasteiger charge is -2.36. The Hall–Kier alpha value is -2.10. The number of rotatable bonds is 4. The zero-order valence-electron chi connectivity index (χ0n) is 13.9. The summed E-state index contributed by atoms with van der Waals surface area (Å²) in [4.78, 5) is 21.1. The number of hydrogen-bond donors (Lipinski definition) is 1. The van der Waals surface area contributed by atoms with Gasteiger partial charge in [0.05, 0.1) is 12.1 Å². The number of piperazine rings is 1. The van der Waals surface area contributed by atoms with E-state index in [1.165, 1.54) is 17.0 Å². The summed E-state index contributed by atoms with van der Waals surface area (Å²) in [5, 5.41) is 12.0. The predicted octanol–water partition coefficient (Wildman–Crippen LogP) is 2.61. The third-order valence-electron chi connectivity index (χ3n) is 4.39. The number of nitrogens with one attached hydrogen (secondary N) is 1. The number of carbonyl (C=O) groups is 1. The summed E-state index contributed by atoms with van der Waals surface area (Å²) in [6.07, 6.45) is 1.85. The lowest BCUT2D eigenvalue weighted by molar-refractivity contribution is -0.117. The molecule has 1 amide bonds. The summed E-state index contributed by atoms with van der Waals surface area (Å²) in [6.45, 7) is 3.79. The van der Waals surface area contributed by atoms with Crippen molar-refractivity contribution in [3.63, 3.8) is 0 Å². The molecule has 2 aromatic heterocycles. The Morgan fingerprint density at radius 2 is 2.08 bits per heavy atom. The molecule has 1 aromatic carbocycles. The van der Waals surface area contributed by atoms with Crippen LogP contribution in [0.3, 0.4) is 0 Å². The van der Waals surface area contributed by atoms with Gasteiger partial charge >= 0.3 is 0 Å². The number of nitrogens with zero attached hydrogens (tertiary/aromatic N) is 5. The highest BCUT2D eigenvalue weighted by Crippen LogP contribution is 2.30. The lowest BCUT2D eigenvalue weighted by atomic mass is 10.1. The number of halogens is 1. The molecule has 0 bridgehead atoms. The van der Waals surface area contributed by atoms with Crippen LogP contribution in [0, 0.1) is 0 Å². The highest BCUT2D eigenvalue weighted by Gasteiger charge is 2.21. The van der Waals surface area contributed by atoms with Gasteiger partial charge in [-0.2, -0.15) is 0 Å². The van der Waals surface area contributed by atoms with Crippen LogP contribution >= 0.6 is 27.3 Å². The minimum absolute atomic E-state index is 0.0477. The van der Waals surface area contributed by atoms with Crippen molar-refractivity contribution in [2.24, 2.45) is 0 Å². The van der Waals surface area contributed by atoms with Crippen LogP contribution in [-0.4, -0.2) is 58.7 Å². The number of para-hydroxylation sites is 1. The molecule has 1 aliphatic rings. The van der Waals surface area contributed by atoms with E-state index in [0.29, 0.717) is 11.7 Å². The predicted molar refractivity (Wildman–Crippen MR) is 107 cm³/mol. The van der Waals surface area contributed by atoms with E-state index in [1.54, 1.807) is 5.51 Å². The fourth-order valence-electron chi connectivity index (χ4n) is 3.14. The maximum Gasteiger partial charge on any atom is 0.240 e. The highest BCUT2D eigenvalue weighted by atomic mass is 79.9. The summed E-state index contributed by atoms with van der Waals surface area (Å²) in [6, 6.07) is 8.20. The highest BCUT2D eigenvalue weighted by molar-refractivity contribution is 9.10. The quantitative estimate of drug-likeness (QED) is 0.682. The Kier molecular flexibility index (Phi) is 5.09. The third-order valence-corrected chi connectivity index (χ3v) is 5.63. The number of anilines is 2. The van der Waals surface area contributed by atoms with Gasteiger partial charge in [-0.3, -0.25) is 20.0 Å². The molecule has 0 unspecified atom stereocenters. The summed E-state index contributed by atoms with van der Waals surface area (Å²) in [5.74, 6) is -0.0477. The summed E-state index contributed by atoms with van der Waals surface area (Å²) in [5.41, 5.74) is 3.77. The Balaban J connectivity index is 1.39. The van der Waals surface area contributed by atoms with E-state index in [9.17, 15) is 4.79 Å². The molecule has 1 aliphatic heterocycles. The normalized spacial score (nSPS) is 15.3. The molecule has 1 N–H and O–H groups in total. The molecule has 0 radical (unpaired) electrons. The largest absolute Gasteiger partial charge is 0.368 e. The van der Waals surface area contributed by atoms with Crippen LogP contribution in [0.4, 0.5) is 10.8 Å². The van der Waals surface area contributed by atoms with Gasteiger partial charge in [0.2, 0.25) is 11.0 Å². The van der Waals surface area contributed by atoms with Crippen molar-refractivity contribution in [2.45, 2.75) is 0 Å². The van der Waals surface area contributed by atoms with Gasteiger partial charge in [0.1, 0.15) is 5.51 Å². The maximum atomic E-state index is 12.1. The smallest absolute Gasteiger partial charge is 0.240 e. The van der Waals surface area contributed by atoms with Gasteiger partial charge in [0.15, 0.2) is 0 Å². The number of amides is 1. The van der Waals surface area contributed by atoms with Gasteiger partial charge in [0, 0.05) is 47.9 Å². The second-order valence-electron chi connectivity index (χ2n) is 6.02. The van der Waals surface area contributed by atoms with Crippen molar-refractivity contribution in [1.29, 1.82) is 0 Å².